The Balaban J connectivity index is 2.60. The van der Waals surface area contributed by atoms with Crippen molar-refractivity contribution in [2.75, 3.05) is 6.54 Å². The molecule has 0 saturated carbocycles. The Bertz CT molecular complexity index is 412. The third-order valence-electron chi connectivity index (χ3n) is 4.08. The van der Waals surface area contributed by atoms with E-state index in [4.69, 9.17) is 0 Å². The fourth-order valence-corrected chi connectivity index (χ4v) is 3.51. The summed E-state index contributed by atoms with van der Waals surface area (Å²) < 4.78 is 3.39. The van der Waals surface area contributed by atoms with E-state index >= 15 is 0 Å². The molecule has 0 aliphatic carbocycles. The summed E-state index contributed by atoms with van der Waals surface area (Å²) in [7, 11) is 0. The zero-order chi connectivity index (χ0) is 15.8. The summed E-state index contributed by atoms with van der Waals surface area (Å²) >= 11 is 3.74. The van der Waals surface area contributed by atoms with Gasteiger partial charge in [-0.25, -0.2) is 0 Å². The second-order valence-electron chi connectivity index (χ2n) is 6.07. The molecule has 0 aliphatic rings. The monoisotopic (exact) mass is 357 g/mol. The van der Waals surface area contributed by atoms with Crippen LogP contribution in [0.3, 0.4) is 0 Å². The zero-order valence-electron chi connectivity index (χ0n) is 14.4. The standard InChI is InChI=1S/C17H32BrN3/c1-6-12-19-15(13(4)5)10-9-11-16-17(18)14(7-2)20-21(16)8-3/h13,15,19H,6-12H2,1-5H3. The first-order chi connectivity index (χ1) is 10.0. The molecule has 0 fully saturated rings. The normalized spacial score (nSPS) is 13.1. The third kappa shape index (κ3) is 5.41. The van der Waals surface area contributed by atoms with Crippen LogP contribution >= 0.6 is 15.9 Å². The minimum atomic E-state index is 0.632. The maximum absolute atomic E-state index is 4.68. The Hall–Kier alpha value is -0.350. The number of aryl methyl sites for hydroxylation is 2. The van der Waals surface area contributed by atoms with Crippen molar-refractivity contribution in [2.24, 2.45) is 5.92 Å². The molecule has 0 spiro atoms. The van der Waals surface area contributed by atoms with Crippen LogP contribution in [0.2, 0.25) is 0 Å². The molecule has 1 aromatic heterocycles. The van der Waals surface area contributed by atoms with Gasteiger partial charge in [0, 0.05) is 12.6 Å². The van der Waals surface area contributed by atoms with Gasteiger partial charge in [0.25, 0.3) is 0 Å². The summed E-state index contributed by atoms with van der Waals surface area (Å²) in [6, 6.07) is 0.632. The van der Waals surface area contributed by atoms with Crippen molar-refractivity contribution in [3.8, 4) is 0 Å². The molecule has 1 heterocycles. The largest absolute Gasteiger partial charge is 0.314 e. The van der Waals surface area contributed by atoms with Crippen LogP contribution in [0.4, 0.5) is 0 Å². The molecule has 21 heavy (non-hydrogen) atoms. The van der Waals surface area contributed by atoms with E-state index in [0.29, 0.717) is 12.0 Å². The maximum atomic E-state index is 4.68. The van der Waals surface area contributed by atoms with Crippen LogP contribution in [-0.2, 0) is 19.4 Å². The van der Waals surface area contributed by atoms with Crippen molar-refractivity contribution in [3.05, 3.63) is 15.9 Å². The van der Waals surface area contributed by atoms with Gasteiger partial charge < -0.3 is 5.32 Å². The second-order valence-corrected chi connectivity index (χ2v) is 6.87. The molecule has 1 unspecified atom stereocenters. The number of halogens is 1. The lowest BCUT2D eigenvalue weighted by Crippen LogP contribution is -2.34. The lowest BCUT2D eigenvalue weighted by molar-refractivity contribution is 0.369. The summed E-state index contributed by atoms with van der Waals surface area (Å²) in [5.41, 5.74) is 2.56. The molecule has 0 amide bonds. The number of nitrogens with zero attached hydrogens (tertiary/aromatic N) is 2. The van der Waals surface area contributed by atoms with Gasteiger partial charge >= 0.3 is 0 Å². The molecular weight excluding hydrogens is 326 g/mol. The average Bonchev–Trinajstić information content (AvgIpc) is 2.78. The lowest BCUT2D eigenvalue weighted by atomic mass is 9.97. The van der Waals surface area contributed by atoms with Gasteiger partial charge in [-0.2, -0.15) is 5.10 Å². The number of rotatable bonds is 10. The Morgan fingerprint density at radius 3 is 2.48 bits per heavy atom. The predicted octanol–water partition coefficient (Wildman–Crippen LogP) is 4.57. The summed E-state index contributed by atoms with van der Waals surface area (Å²) in [6.07, 6.45) is 5.76. The van der Waals surface area contributed by atoms with Crippen molar-refractivity contribution in [3.63, 3.8) is 0 Å². The Labute approximate surface area is 139 Å². The van der Waals surface area contributed by atoms with Crippen LogP contribution in [0.25, 0.3) is 0 Å². The lowest BCUT2D eigenvalue weighted by Gasteiger charge is -2.22. The van der Waals surface area contributed by atoms with Crippen LogP contribution in [-0.4, -0.2) is 22.4 Å². The van der Waals surface area contributed by atoms with Crippen molar-refractivity contribution in [1.29, 1.82) is 0 Å². The van der Waals surface area contributed by atoms with Gasteiger partial charge in [-0.15, -0.1) is 0 Å². The van der Waals surface area contributed by atoms with E-state index < -0.39 is 0 Å². The molecule has 1 N–H and O–H groups in total. The number of hydrogen-bond donors (Lipinski definition) is 1. The van der Waals surface area contributed by atoms with Gasteiger partial charge in [-0.3, -0.25) is 4.68 Å². The first kappa shape index (κ1) is 18.7. The fraction of sp³-hybridized carbons (Fsp3) is 0.824. The molecule has 0 radical (unpaired) electrons. The maximum Gasteiger partial charge on any atom is 0.0766 e. The Morgan fingerprint density at radius 1 is 1.24 bits per heavy atom. The number of nitrogens with one attached hydrogen (secondary N) is 1. The smallest absolute Gasteiger partial charge is 0.0766 e. The Morgan fingerprint density at radius 2 is 1.95 bits per heavy atom. The van der Waals surface area contributed by atoms with E-state index in [1.54, 1.807) is 0 Å². The van der Waals surface area contributed by atoms with Crippen LogP contribution in [0, 0.1) is 5.92 Å². The van der Waals surface area contributed by atoms with Crippen molar-refractivity contribution < 1.29 is 0 Å². The van der Waals surface area contributed by atoms with E-state index in [0.717, 1.165) is 25.9 Å². The van der Waals surface area contributed by atoms with Gasteiger partial charge in [0.2, 0.25) is 0 Å². The van der Waals surface area contributed by atoms with Crippen molar-refractivity contribution in [1.82, 2.24) is 15.1 Å². The molecular formula is C17H32BrN3. The van der Waals surface area contributed by atoms with E-state index in [9.17, 15) is 0 Å². The molecule has 1 rings (SSSR count). The van der Waals surface area contributed by atoms with Crippen LogP contribution in [0.15, 0.2) is 4.47 Å². The molecule has 0 aromatic carbocycles. The highest BCUT2D eigenvalue weighted by atomic mass is 79.9. The van der Waals surface area contributed by atoms with Crippen molar-refractivity contribution in [2.45, 2.75) is 79.3 Å². The molecule has 0 bridgehead atoms. The summed E-state index contributed by atoms with van der Waals surface area (Å²) in [6.45, 7) is 13.3. The van der Waals surface area contributed by atoms with E-state index in [1.807, 2.05) is 0 Å². The second kappa shape index (κ2) is 9.62. The topological polar surface area (TPSA) is 29.9 Å². The summed E-state index contributed by atoms with van der Waals surface area (Å²) in [5.74, 6) is 0.697. The molecule has 1 atom stereocenters. The molecule has 3 nitrogen and oxygen atoms in total. The number of hydrogen-bond acceptors (Lipinski definition) is 2. The highest BCUT2D eigenvalue weighted by molar-refractivity contribution is 9.10. The zero-order valence-corrected chi connectivity index (χ0v) is 16.0. The van der Waals surface area contributed by atoms with Gasteiger partial charge in [0.15, 0.2) is 0 Å². The highest BCUT2D eigenvalue weighted by Crippen LogP contribution is 2.24. The van der Waals surface area contributed by atoms with Gasteiger partial charge in [0.05, 0.1) is 15.9 Å². The summed E-state index contributed by atoms with van der Waals surface area (Å²) in [5, 5.41) is 8.36. The van der Waals surface area contributed by atoms with Crippen LogP contribution in [0.5, 0.6) is 0 Å². The van der Waals surface area contributed by atoms with E-state index in [2.05, 4.69) is 65.6 Å². The average molecular weight is 358 g/mol. The highest BCUT2D eigenvalue weighted by Gasteiger charge is 2.16. The molecule has 4 heteroatoms. The minimum Gasteiger partial charge on any atom is -0.314 e. The number of aromatic nitrogens is 2. The minimum absolute atomic E-state index is 0.632. The van der Waals surface area contributed by atoms with Gasteiger partial charge in [-0.1, -0.05) is 27.7 Å². The first-order valence-corrected chi connectivity index (χ1v) is 9.31. The van der Waals surface area contributed by atoms with Gasteiger partial charge in [-0.05, 0) is 67.4 Å². The van der Waals surface area contributed by atoms with Crippen LogP contribution < -0.4 is 5.32 Å². The SMILES string of the molecule is CCCNC(CCCc1c(Br)c(CC)nn1CC)C(C)C. The van der Waals surface area contributed by atoms with E-state index in [1.165, 1.54) is 35.1 Å². The van der Waals surface area contributed by atoms with E-state index in [-0.39, 0.29) is 0 Å². The molecule has 0 aliphatic heterocycles. The van der Waals surface area contributed by atoms with Crippen LogP contribution in [0.1, 0.15) is 65.3 Å². The Kier molecular flexibility index (Phi) is 8.57. The first-order valence-electron chi connectivity index (χ1n) is 8.52. The van der Waals surface area contributed by atoms with Crippen molar-refractivity contribution >= 4 is 15.9 Å². The molecule has 0 saturated heterocycles. The fourth-order valence-electron chi connectivity index (χ4n) is 2.75. The molecule has 1 aromatic rings. The third-order valence-corrected chi connectivity index (χ3v) is 5.00. The molecule has 122 valence electrons. The predicted molar refractivity (Wildman–Crippen MR) is 94.8 cm³/mol. The van der Waals surface area contributed by atoms with Gasteiger partial charge in [0.1, 0.15) is 0 Å². The quantitative estimate of drug-likeness (QED) is 0.664. The summed E-state index contributed by atoms with van der Waals surface area (Å²) in [4.78, 5) is 0.